The van der Waals surface area contributed by atoms with Crippen molar-refractivity contribution in [3.63, 3.8) is 0 Å². The summed E-state index contributed by atoms with van der Waals surface area (Å²) in [5, 5.41) is 3.17. The van der Waals surface area contributed by atoms with E-state index in [0.717, 1.165) is 5.92 Å². The average molecular weight is 189 g/mol. The number of thioether (sulfide) groups is 1. The zero-order chi connectivity index (χ0) is 9.23. The van der Waals surface area contributed by atoms with Crippen LogP contribution in [0.2, 0.25) is 0 Å². The second-order valence-corrected chi connectivity index (χ2v) is 4.78. The largest absolute Gasteiger partial charge is 0.320 e. The van der Waals surface area contributed by atoms with Crippen molar-refractivity contribution in [2.45, 2.75) is 33.1 Å². The third kappa shape index (κ3) is 10.3. The second kappa shape index (κ2) is 9.40. The molecule has 0 aromatic carbocycles. The van der Waals surface area contributed by atoms with Crippen molar-refractivity contribution in [2.24, 2.45) is 5.92 Å². The molecular weight excluding hydrogens is 166 g/mol. The molecule has 74 valence electrons. The lowest BCUT2D eigenvalue weighted by Gasteiger charge is -2.03. The van der Waals surface area contributed by atoms with Crippen molar-refractivity contribution in [1.82, 2.24) is 5.32 Å². The zero-order valence-electron chi connectivity index (χ0n) is 8.73. The van der Waals surface area contributed by atoms with Crippen molar-refractivity contribution in [3.8, 4) is 0 Å². The van der Waals surface area contributed by atoms with Gasteiger partial charge in [0.05, 0.1) is 0 Å². The van der Waals surface area contributed by atoms with Gasteiger partial charge in [0.15, 0.2) is 0 Å². The molecule has 0 aliphatic heterocycles. The van der Waals surface area contributed by atoms with Crippen LogP contribution in [0, 0.1) is 5.92 Å². The Balaban J connectivity index is 2.82. The van der Waals surface area contributed by atoms with Crippen molar-refractivity contribution in [3.05, 3.63) is 0 Å². The standard InChI is InChI=1S/C10H23NS/c1-10(2)9-12-8-6-4-5-7-11-3/h10-11H,4-9H2,1-3H3. The highest BCUT2D eigenvalue weighted by Gasteiger charge is 1.93. The molecule has 0 rings (SSSR count). The molecule has 0 fully saturated rings. The summed E-state index contributed by atoms with van der Waals surface area (Å²) in [6.07, 6.45) is 4.10. The highest BCUT2D eigenvalue weighted by Crippen LogP contribution is 2.10. The maximum absolute atomic E-state index is 3.17. The Hall–Kier alpha value is 0.310. The summed E-state index contributed by atoms with van der Waals surface area (Å²) in [5.74, 6) is 3.53. The van der Waals surface area contributed by atoms with E-state index < -0.39 is 0 Å². The fraction of sp³-hybridized carbons (Fsp3) is 1.00. The van der Waals surface area contributed by atoms with Crippen LogP contribution < -0.4 is 5.32 Å². The molecule has 0 aromatic heterocycles. The first-order valence-corrected chi connectivity index (χ1v) is 6.15. The molecule has 0 unspecified atom stereocenters. The summed E-state index contributed by atoms with van der Waals surface area (Å²) in [4.78, 5) is 0. The number of nitrogens with one attached hydrogen (secondary N) is 1. The first kappa shape index (κ1) is 12.3. The van der Waals surface area contributed by atoms with Crippen LogP contribution in [0.4, 0.5) is 0 Å². The van der Waals surface area contributed by atoms with E-state index in [1.54, 1.807) is 0 Å². The third-order valence-electron chi connectivity index (χ3n) is 1.67. The SMILES string of the molecule is CNCCCCCSCC(C)C. The summed E-state index contributed by atoms with van der Waals surface area (Å²) in [7, 11) is 2.02. The summed E-state index contributed by atoms with van der Waals surface area (Å²) in [6, 6.07) is 0. The van der Waals surface area contributed by atoms with Crippen LogP contribution in [0.1, 0.15) is 33.1 Å². The fourth-order valence-corrected chi connectivity index (χ4v) is 2.05. The maximum Gasteiger partial charge on any atom is -0.00444 e. The van der Waals surface area contributed by atoms with Crippen LogP contribution in [0.25, 0.3) is 0 Å². The van der Waals surface area contributed by atoms with E-state index >= 15 is 0 Å². The van der Waals surface area contributed by atoms with Gasteiger partial charge in [-0.1, -0.05) is 20.3 Å². The molecule has 12 heavy (non-hydrogen) atoms. The normalized spacial score (nSPS) is 11.0. The molecule has 0 atom stereocenters. The third-order valence-corrected chi connectivity index (χ3v) is 3.15. The van der Waals surface area contributed by atoms with E-state index in [-0.39, 0.29) is 0 Å². The Kier molecular flexibility index (Phi) is 9.64. The molecule has 1 N–H and O–H groups in total. The minimum atomic E-state index is 0.854. The molecule has 0 heterocycles. The molecule has 1 nitrogen and oxygen atoms in total. The van der Waals surface area contributed by atoms with E-state index in [1.807, 2.05) is 7.05 Å². The summed E-state index contributed by atoms with van der Waals surface area (Å²) in [5.41, 5.74) is 0. The van der Waals surface area contributed by atoms with E-state index in [1.165, 1.54) is 37.3 Å². The topological polar surface area (TPSA) is 12.0 Å². The van der Waals surface area contributed by atoms with Crippen molar-refractivity contribution < 1.29 is 0 Å². The quantitative estimate of drug-likeness (QED) is 0.589. The number of hydrogen-bond acceptors (Lipinski definition) is 2. The van der Waals surface area contributed by atoms with Gasteiger partial charge in [-0.05, 0) is 43.9 Å². The number of unbranched alkanes of at least 4 members (excludes halogenated alkanes) is 2. The van der Waals surface area contributed by atoms with Crippen LogP contribution in [-0.2, 0) is 0 Å². The molecule has 0 aliphatic carbocycles. The van der Waals surface area contributed by atoms with E-state index in [0.29, 0.717) is 0 Å². The summed E-state index contributed by atoms with van der Waals surface area (Å²) < 4.78 is 0. The zero-order valence-corrected chi connectivity index (χ0v) is 9.54. The lowest BCUT2D eigenvalue weighted by molar-refractivity contribution is 0.669. The molecule has 0 saturated carbocycles. The molecule has 0 aliphatic rings. The van der Waals surface area contributed by atoms with Crippen LogP contribution in [0.5, 0.6) is 0 Å². The van der Waals surface area contributed by atoms with Crippen LogP contribution in [0.3, 0.4) is 0 Å². The first-order valence-electron chi connectivity index (χ1n) is 4.99. The Bertz CT molecular complexity index is 83.9. The van der Waals surface area contributed by atoms with Gasteiger partial charge in [-0.2, -0.15) is 11.8 Å². The molecule has 0 radical (unpaired) electrons. The Morgan fingerprint density at radius 3 is 2.50 bits per heavy atom. The Morgan fingerprint density at radius 2 is 1.92 bits per heavy atom. The van der Waals surface area contributed by atoms with Gasteiger partial charge in [-0.25, -0.2) is 0 Å². The molecule has 0 aromatic rings. The maximum atomic E-state index is 3.17. The Labute approximate surface area is 81.7 Å². The van der Waals surface area contributed by atoms with Crippen molar-refractivity contribution in [2.75, 3.05) is 25.1 Å². The molecule has 0 bridgehead atoms. The molecule has 0 amide bonds. The van der Waals surface area contributed by atoms with Gasteiger partial charge in [0.2, 0.25) is 0 Å². The van der Waals surface area contributed by atoms with Gasteiger partial charge in [0, 0.05) is 0 Å². The van der Waals surface area contributed by atoms with Crippen LogP contribution in [-0.4, -0.2) is 25.1 Å². The monoisotopic (exact) mass is 189 g/mol. The van der Waals surface area contributed by atoms with Crippen molar-refractivity contribution in [1.29, 1.82) is 0 Å². The minimum absolute atomic E-state index is 0.854. The second-order valence-electron chi connectivity index (χ2n) is 3.63. The van der Waals surface area contributed by atoms with Gasteiger partial charge < -0.3 is 5.32 Å². The lowest BCUT2D eigenvalue weighted by atomic mass is 10.2. The Morgan fingerprint density at radius 1 is 1.17 bits per heavy atom. The molecule has 0 spiro atoms. The summed E-state index contributed by atoms with van der Waals surface area (Å²) in [6.45, 7) is 5.75. The average Bonchev–Trinajstić information content (AvgIpc) is 2.02. The van der Waals surface area contributed by atoms with Gasteiger partial charge in [0.1, 0.15) is 0 Å². The lowest BCUT2D eigenvalue weighted by Crippen LogP contribution is -2.07. The smallest absolute Gasteiger partial charge is 0.00444 e. The van der Waals surface area contributed by atoms with Gasteiger partial charge >= 0.3 is 0 Å². The molecule has 2 heteroatoms. The van der Waals surface area contributed by atoms with Gasteiger partial charge in [-0.3, -0.25) is 0 Å². The highest BCUT2D eigenvalue weighted by molar-refractivity contribution is 7.99. The van der Waals surface area contributed by atoms with E-state index in [4.69, 9.17) is 0 Å². The van der Waals surface area contributed by atoms with Gasteiger partial charge in [-0.15, -0.1) is 0 Å². The predicted octanol–water partition coefficient (Wildman–Crippen LogP) is 2.77. The molecule has 0 saturated heterocycles. The van der Waals surface area contributed by atoms with Crippen molar-refractivity contribution >= 4 is 11.8 Å². The van der Waals surface area contributed by atoms with Crippen LogP contribution in [0.15, 0.2) is 0 Å². The van der Waals surface area contributed by atoms with Gasteiger partial charge in [0.25, 0.3) is 0 Å². The minimum Gasteiger partial charge on any atom is -0.320 e. The van der Waals surface area contributed by atoms with E-state index in [2.05, 4.69) is 30.9 Å². The van der Waals surface area contributed by atoms with E-state index in [9.17, 15) is 0 Å². The predicted molar refractivity (Wildman–Crippen MR) is 59.9 cm³/mol. The highest BCUT2D eigenvalue weighted by atomic mass is 32.2. The number of hydrogen-bond donors (Lipinski definition) is 1. The molecular formula is C10H23NS. The number of rotatable bonds is 8. The summed E-state index contributed by atoms with van der Waals surface area (Å²) >= 11 is 2.10. The van der Waals surface area contributed by atoms with Crippen LogP contribution >= 0.6 is 11.8 Å². The fourth-order valence-electron chi connectivity index (χ4n) is 1.00. The first-order chi connectivity index (χ1) is 5.77.